The summed E-state index contributed by atoms with van der Waals surface area (Å²) in [6, 6.07) is 13.4. The van der Waals surface area contributed by atoms with Crippen molar-refractivity contribution in [2.75, 3.05) is 31.1 Å². The topological polar surface area (TPSA) is 128 Å². The Hall–Kier alpha value is -4.60. The molecule has 10 nitrogen and oxygen atoms in total. The van der Waals surface area contributed by atoms with Crippen LogP contribution < -0.4 is 4.90 Å². The lowest BCUT2D eigenvalue weighted by Gasteiger charge is -2.35. The van der Waals surface area contributed by atoms with E-state index in [1.165, 1.54) is 10.6 Å². The van der Waals surface area contributed by atoms with Crippen molar-refractivity contribution >= 4 is 11.7 Å². The highest BCUT2D eigenvalue weighted by atomic mass is 16.3. The first kappa shape index (κ1) is 25.1. The fourth-order valence-electron chi connectivity index (χ4n) is 4.59. The van der Waals surface area contributed by atoms with E-state index in [9.17, 15) is 20.1 Å². The van der Waals surface area contributed by atoms with Crippen molar-refractivity contribution in [3.8, 4) is 34.6 Å². The number of phenols is 2. The van der Waals surface area contributed by atoms with Gasteiger partial charge in [0.2, 0.25) is 0 Å². The summed E-state index contributed by atoms with van der Waals surface area (Å²) >= 11 is 0. The summed E-state index contributed by atoms with van der Waals surface area (Å²) in [4.78, 5) is 21.3. The van der Waals surface area contributed by atoms with Crippen LogP contribution in [0.2, 0.25) is 0 Å². The highest BCUT2D eigenvalue weighted by Gasteiger charge is 2.24. The number of benzene rings is 2. The molecule has 0 aliphatic carbocycles. The second-order valence-corrected chi connectivity index (χ2v) is 9.59. The predicted octanol–water partition coefficient (Wildman–Crippen LogP) is 3.71. The zero-order chi connectivity index (χ0) is 27.0. The normalized spacial score (nSPS) is 13.8. The van der Waals surface area contributed by atoms with Crippen LogP contribution >= 0.6 is 0 Å². The van der Waals surface area contributed by atoms with E-state index in [1.807, 2.05) is 36.9 Å². The fourth-order valence-corrected chi connectivity index (χ4v) is 4.59. The standard InChI is InChI=1S/C28H29N6O4/c1-17(2)21-14-22(24(36)15-23(21)35)26-30-31-28(38)34(26)20-8-9-25(29-16-20)32-10-12-33(13-11-32)27(37)19-6-4-18(3)5-7-19/h4-9,14-17,35-36H,3,10-13H2,1-2H3,(H,31,38). The van der Waals surface area contributed by atoms with Crippen LogP contribution in [0, 0.1) is 6.92 Å². The van der Waals surface area contributed by atoms with Crippen LogP contribution in [0.1, 0.15) is 41.3 Å². The molecule has 1 saturated heterocycles. The van der Waals surface area contributed by atoms with Crippen molar-refractivity contribution in [3.63, 3.8) is 0 Å². The minimum Gasteiger partial charge on any atom is -0.508 e. The highest BCUT2D eigenvalue weighted by Crippen LogP contribution is 2.38. The molecule has 2 aromatic carbocycles. The third-order valence-electron chi connectivity index (χ3n) is 6.74. The zero-order valence-electron chi connectivity index (χ0n) is 21.2. The molecule has 2 aromatic heterocycles. The summed E-state index contributed by atoms with van der Waals surface area (Å²) in [5, 5.41) is 39.0. The number of aromatic nitrogens is 4. The molecule has 0 spiro atoms. The van der Waals surface area contributed by atoms with Gasteiger partial charge >= 0.3 is 6.01 Å². The number of piperazine rings is 1. The van der Waals surface area contributed by atoms with Crippen molar-refractivity contribution in [2.24, 2.45) is 0 Å². The number of carbonyl (C=O) groups excluding carboxylic acids is 1. The summed E-state index contributed by atoms with van der Waals surface area (Å²) in [6.45, 7) is 10.1. The minimum absolute atomic E-state index is 0.00155. The summed E-state index contributed by atoms with van der Waals surface area (Å²) in [5.74, 6) is 0.772. The lowest BCUT2D eigenvalue weighted by atomic mass is 9.98. The molecule has 1 amide bonds. The molecule has 10 heteroatoms. The number of anilines is 1. The van der Waals surface area contributed by atoms with Gasteiger partial charge in [-0.25, -0.2) is 9.55 Å². The maximum Gasteiger partial charge on any atom is 0.319 e. The molecular weight excluding hydrogens is 484 g/mol. The van der Waals surface area contributed by atoms with Gasteiger partial charge < -0.3 is 25.1 Å². The molecule has 195 valence electrons. The molecular formula is C28H29N6O4. The quantitative estimate of drug-likeness (QED) is 0.369. The van der Waals surface area contributed by atoms with Crippen LogP contribution in [0.5, 0.6) is 17.5 Å². The Bertz CT molecular complexity index is 1460. The van der Waals surface area contributed by atoms with Gasteiger partial charge in [-0.3, -0.25) is 4.79 Å². The summed E-state index contributed by atoms with van der Waals surface area (Å²) in [6.07, 6.45) is 1.60. The first-order chi connectivity index (χ1) is 18.2. The molecule has 0 saturated carbocycles. The van der Waals surface area contributed by atoms with Gasteiger partial charge in [-0.05, 0) is 54.3 Å². The minimum atomic E-state index is -0.355. The third kappa shape index (κ3) is 4.72. The van der Waals surface area contributed by atoms with E-state index >= 15 is 0 Å². The first-order valence-corrected chi connectivity index (χ1v) is 12.4. The molecule has 38 heavy (non-hydrogen) atoms. The van der Waals surface area contributed by atoms with Crippen LogP contribution in [0.3, 0.4) is 0 Å². The summed E-state index contributed by atoms with van der Waals surface area (Å²) in [5.41, 5.74) is 2.99. The van der Waals surface area contributed by atoms with E-state index in [2.05, 4.69) is 27.0 Å². The van der Waals surface area contributed by atoms with Gasteiger partial charge in [0.1, 0.15) is 17.3 Å². The fraction of sp³-hybridized carbons (Fsp3) is 0.250. The number of nitrogens with zero attached hydrogens (tertiary/aromatic N) is 6. The molecule has 5 rings (SSSR count). The number of phenolic OH excluding ortho intramolecular Hbond substituents is 2. The Morgan fingerprint density at radius 2 is 1.63 bits per heavy atom. The smallest absolute Gasteiger partial charge is 0.319 e. The molecule has 4 aromatic rings. The maximum atomic E-state index is 12.8. The van der Waals surface area contributed by atoms with Crippen LogP contribution in [0.4, 0.5) is 5.82 Å². The van der Waals surface area contributed by atoms with Crippen molar-refractivity contribution in [3.05, 3.63) is 78.3 Å². The van der Waals surface area contributed by atoms with Crippen LogP contribution in [-0.4, -0.2) is 72.1 Å². The van der Waals surface area contributed by atoms with Crippen LogP contribution in [0.15, 0.2) is 54.7 Å². The van der Waals surface area contributed by atoms with Gasteiger partial charge in [0, 0.05) is 37.8 Å². The number of hydrogen-bond donors (Lipinski definition) is 3. The summed E-state index contributed by atoms with van der Waals surface area (Å²) in [7, 11) is 0. The van der Waals surface area contributed by atoms with Gasteiger partial charge in [0.15, 0.2) is 5.82 Å². The number of aromatic hydroxyl groups is 3. The predicted molar refractivity (Wildman–Crippen MR) is 143 cm³/mol. The second kappa shape index (κ2) is 10.0. The largest absolute Gasteiger partial charge is 0.508 e. The second-order valence-electron chi connectivity index (χ2n) is 9.59. The van der Waals surface area contributed by atoms with Crippen molar-refractivity contribution in [2.45, 2.75) is 19.8 Å². The Morgan fingerprint density at radius 3 is 2.26 bits per heavy atom. The van der Waals surface area contributed by atoms with E-state index in [1.54, 1.807) is 30.5 Å². The average Bonchev–Trinajstić information content (AvgIpc) is 3.29. The van der Waals surface area contributed by atoms with Gasteiger partial charge in [-0.1, -0.05) is 31.1 Å². The van der Waals surface area contributed by atoms with E-state index < -0.39 is 0 Å². The van der Waals surface area contributed by atoms with E-state index in [-0.39, 0.29) is 35.2 Å². The van der Waals surface area contributed by atoms with Gasteiger partial charge in [-0.2, -0.15) is 0 Å². The maximum absolute atomic E-state index is 12.8. The molecule has 3 heterocycles. The van der Waals surface area contributed by atoms with E-state index in [0.29, 0.717) is 48.6 Å². The number of pyridine rings is 1. The number of hydrogen-bond acceptors (Lipinski definition) is 8. The van der Waals surface area contributed by atoms with E-state index in [4.69, 9.17) is 0 Å². The van der Waals surface area contributed by atoms with Crippen molar-refractivity contribution in [1.29, 1.82) is 0 Å². The lowest BCUT2D eigenvalue weighted by Crippen LogP contribution is -2.49. The monoisotopic (exact) mass is 513 g/mol. The van der Waals surface area contributed by atoms with Crippen molar-refractivity contribution in [1.82, 2.24) is 24.6 Å². The summed E-state index contributed by atoms with van der Waals surface area (Å²) < 4.78 is 1.39. The molecule has 1 fully saturated rings. The molecule has 1 aliphatic rings. The number of carbonyl (C=O) groups is 1. The Morgan fingerprint density at radius 1 is 0.921 bits per heavy atom. The lowest BCUT2D eigenvalue weighted by molar-refractivity contribution is 0.0746. The molecule has 3 N–H and O–H groups in total. The van der Waals surface area contributed by atoms with Crippen LogP contribution in [-0.2, 0) is 0 Å². The van der Waals surface area contributed by atoms with Crippen molar-refractivity contribution < 1.29 is 20.1 Å². The number of rotatable bonds is 5. The van der Waals surface area contributed by atoms with Gasteiger partial charge in [-0.15, -0.1) is 5.10 Å². The first-order valence-electron chi connectivity index (χ1n) is 12.4. The molecule has 1 radical (unpaired) electrons. The molecule has 1 aliphatic heterocycles. The van der Waals surface area contributed by atoms with Crippen LogP contribution in [0.25, 0.3) is 17.1 Å². The van der Waals surface area contributed by atoms with Gasteiger partial charge in [0.05, 0.1) is 17.4 Å². The Kier molecular flexibility index (Phi) is 6.62. The SMILES string of the molecule is [CH2]c1ccc(C(=O)N2CCN(c3ccc(-n4c(O)nnc4-c4cc(C(C)C)c(O)cc4O)cn3)CC2)cc1. The zero-order valence-corrected chi connectivity index (χ0v) is 21.2. The average molecular weight is 514 g/mol. The number of amides is 1. The van der Waals surface area contributed by atoms with Gasteiger partial charge in [0.25, 0.3) is 5.91 Å². The molecule has 0 unspecified atom stereocenters. The molecule has 0 bridgehead atoms. The van der Waals surface area contributed by atoms with E-state index in [0.717, 1.165) is 11.4 Å². The Balaban J connectivity index is 1.34. The third-order valence-corrected chi connectivity index (χ3v) is 6.74. The highest BCUT2D eigenvalue weighted by molar-refractivity contribution is 5.94. The Labute approximate surface area is 220 Å². The molecule has 0 atom stereocenters.